The SMILES string of the molecule is c1cncc(-c2nc3cc(-c4ccccc4CN4CCOCC4)ccc3o2)c1. The second-order valence-electron chi connectivity index (χ2n) is 6.99. The van der Waals surface area contributed by atoms with Gasteiger partial charge in [0.1, 0.15) is 5.52 Å². The van der Waals surface area contributed by atoms with Crippen molar-refractivity contribution in [3.05, 3.63) is 72.6 Å². The van der Waals surface area contributed by atoms with Crippen molar-refractivity contribution in [2.45, 2.75) is 6.54 Å². The van der Waals surface area contributed by atoms with Gasteiger partial charge in [0, 0.05) is 32.0 Å². The molecule has 0 radical (unpaired) electrons. The highest BCUT2D eigenvalue weighted by molar-refractivity contribution is 5.83. The van der Waals surface area contributed by atoms with E-state index in [9.17, 15) is 0 Å². The molecule has 2 aromatic carbocycles. The van der Waals surface area contributed by atoms with Gasteiger partial charge in [-0.25, -0.2) is 4.98 Å². The van der Waals surface area contributed by atoms with Crippen LogP contribution < -0.4 is 0 Å². The van der Waals surface area contributed by atoms with Crippen molar-refractivity contribution in [1.82, 2.24) is 14.9 Å². The van der Waals surface area contributed by atoms with Gasteiger partial charge in [-0.2, -0.15) is 0 Å². The van der Waals surface area contributed by atoms with E-state index >= 15 is 0 Å². The molecule has 3 heterocycles. The van der Waals surface area contributed by atoms with Crippen LogP contribution in [-0.4, -0.2) is 41.2 Å². The van der Waals surface area contributed by atoms with E-state index in [2.05, 4.69) is 51.3 Å². The Morgan fingerprint density at radius 3 is 2.68 bits per heavy atom. The summed E-state index contributed by atoms with van der Waals surface area (Å²) in [5, 5.41) is 0. The van der Waals surface area contributed by atoms with Gasteiger partial charge in [0.2, 0.25) is 5.89 Å². The number of ether oxygens (including phenoxy) is 1. The first-order chi connectivity index (χ1) is 13.9. The second-order valence-corrected chi connectivity index (χ2v) is 6.99. The topological polar surface area (TPSA) is 51.4 Å². The molecule has 0 aliphatic carbocycles. The highest BCUT2D eigenvalue weighted by atomic mass is 16.5. The van der Waals surface area contributed by atoms with E-state index in [1.807, 2.05) is 18.2 Å². The van der Waals surface area contributed by atoms with Gasteiger partial charge < -0.3 is 9.15 Å². The van der Waals surface area contributed by atoms with Crippen LogP contribution in [0.3, 0.4) is 0 Å². The molecule has 0 bridgehead atoms. The number of benzene rings is 2. The molecule has 1 aliphatic heterocycles. The normalized spacial score (nSPS) is 15.1. The van der Waals surface area contributed by atoms with E-state index in [1.54, 1.807) is 12.4 Å². The molecule has 5 heteroatoms. The number of oxazole rings is 1. The van der Waals surface area contributed by atoms with Crippen LogP contribution >= 0.6 is 0 Å². The Morgan fingerprint density at radius 1 is 0.929 bits per heavy atom. The molecule has 0 amide bonds. The number of pyridine rings is 1. The fraction of sp³-hybridized carbons (Fsp3) is 0.217. The number of morpholine rings is 1. The number of hydrogen-bond acceptors (Lipinski definition) is 5. The zero-order chi connectivity index (χ0) is 18.8. The number of fused-ring (bicyclic) bond motifs is 1. The van der Waals surface area contributed by atoms with Crippen molar-refractivity contribution in [2.24, 2.45) is 0 Å². The zero-order valence-corrected chi connectivity index (χ0v) is 15.5. The molecule has 5 nitrogen and oxygen atoms in total. The van der Waals surface area contributed by atoms with Crippen LogP contribution in [0.1, 0.15) is 5.56 Å². The van der Waals surface area contributed by atoms with Gasteiger partial charge in [0.15, 0.2) is 5.58 Å². The standard InChI is InChI=1S/C23H21N3O2/c1-2-6-20(19(4-1)16-26-10-12-27-13-11-26)17-7-8-22-21(14-17)25-23(28-22)18-5-3-9-24-15-18/h1-9,14-15H,10-13,16H2. The van der Waals surface area contributed by atoms with E-state index in [-0.39, 0.29) is 0 Å². The maximum atomic E-state index is 5.92. The van der Waals surface area contributed by atoms with Gasteiger partial charge >= 0.3 is 0 Å². The van der Waals surface area contributed by atoms with Crippen molar-refractivity contribution in [3.8, 4) is 22.6 Å². The van der Waals surface area contributed by atoms with E-state index < -0.39 is 0 Å². The lowest BCUT2D eigenvalue weighted by Gasteiger charge is -2.27. The molecule has 1 aliphatic rings. The first kappa shape index (κ1) is 17.1. The van der Waals surface area contributed by atoms with E-state index in [4.69, 9.17) is 9.15 Å². The van der Waals surface area contributed by atoms with E-state index in [0.717, 1.165) is 55.1 Å². The quantitative estimate of drug-likeness (QED) is 0.533. The Kier molecular flexibility index (Phi) is 4.61. The molecule has 4 aromatic rings. The molecule has 0 saturated carbocycles. The third-order valence-corrected chi connectivity index (χ3v) is 5.12. The van der Waals surface area contributed by atoms with Crippen molar-refractivity contribution in [1.29, 1.82) is 0 Å². The van der Waals surface area contributed by atoms with Crippen LogP contribution in [0, 0.1) is 0 Å². The summed E-state index contributed by atoms with van der Waals surface area (Å²) in [5.41, 5.74) is 6.24. The summed E-state index contributed by atoms with van der Waals surface area (Å²) in [6.45, 7) is 4.50. The Balaban J connectivity index is 1.49. The molecular weight excluding hydrogens is 350 g/mol. The highest BCUT2D eigenvalue weighted by Crippen LogP contribution is 2.30. The first-order valence-corrected chi connectivity index (χ1v) is 9.56. The molecule has 28 heavy (non-hydrogen) atoms. The molecule has 0 spiro atoms. The summed E-state index contributed by atoms with van der Waals surface area (Å²) in [7, 11) is 0. The second kappa shape index (κ2) is 7.54. The minimum atomic E-state index is 0.599. The van der Waals surface area contributed by atoms with Crippen molar-refractivity contribution in [3.63, 3.8) is 0 Å². The van der Waals surface area contributed by atoms with Gasteiger partial charge in [-0.05, 0) is 41.0 Å². The molecule has 0 N–H and O–H groups in total. The van der Waals surface area contributed by atoms with Gasteiger partial charge in [-0.3, -0.25) is 9.88 Å². The van der Waals surface area contributed by atoms with Crippen LogP contribution in [0.2, 0.25) is 0 Å². The van der Waals surface area contributed by atoms with Gasteiger partial charge in [0.25, 0.3) is 0 Å². The fourth-order valence-electron chi connectivity index (χ4n) is 3.65. The predicted octanol–water partition coefficient (Wildman–Crippen LogP) is 4.39. The van der Waals surface area contributed by atoms with Gasteiger partial charge in [-0.15, -0.1) is 0 Å². The van der Waals surface area contributed by atoms with Crippen molar-refractivity contribution >= 4 is 11.1 Å². The van der Waals surface area contributed by atoms with Gasteiger partial charge in [0.05, 0.1) is 18.8 Å². The average molecular weight is 371 g/mol. The fourth-order valence-corrected chi connectivity index (χ4v) is 3.65. The zero-order valence-electron chi connectivity index (χ0n) is 15.5. The van der Waals surface area contributed by atoms with E-state index in [1.165, 1.54) is 11.1 Å². The lowest BCUT2D eigenvalue weighted by atomic mass is 9.99. The Labute approximate surface area is 163 Å². The predicted molar refractivity (Wildman–Crippen MR) is 109 cm³/mol. The molecule has 0 atom stereocenters. The number of aromatic nitrogens is 2. The summed E-state index contributed by atoms with van der Waals surface area (Å²) in [5.74, 6) is 0.599. The third kappa shape index (κ3) is 3.42. The summed E-state index contributed by atoms with van der Waals surface area (Å²) in [4.78, 5) is 11.3. The Morgan fingerprint density at radius 2 is 1.82 bits per heavy atom. The van der Waals surface area contributed by atoms with E-state index in [0.29, 0.717) is 5.89 Å². The summed E-state index contributed by atoms with van der Waals surface area (Å²) >= 11 is 0. The molecule has 2 aromatic heterocycles. The minimum Gasteiger partial charge on any atom is -0.436 e. The molecule has 1 fully saturated rings. The lowest BCUT2D eigenvalue weighted by Crippen LogP contribution is -2.35. The molecule has 140 valence electrons. The summed E-state index contributed by atoms with van der Waals surface area (Å²) in [6.07, 6.45) is 3.51. The minimum absolute atomic E-state index is 0.599. The summed E-state index contributed by atoms with van der Waals surface area (Å²) < 4.78 is 11.4. The maximum Gasteiger partial charge on any atom is 0.228 e. The largest absolute Gasteiger partial charge is 0.436 e. The van der Waals surface area contributed by atoms with Crippen LogP contribution in [0.15, 0.2) is 71.4 Å². The molecule has 5 rings (SSSR count). The smallest absolute Gasteiger partial charge is 0.228 e. The van der Waals surface area contributed by atoms with Crippen LogP contribution in [0.5, 0.6) is 0 Å². The Bertz CT molecular complexity index is 1090. The maximum absolute atomic E-state index is 5.92. The van der Waals surface area contributed by atoms with Crippen LogP contribution in [0.25, 0.3) is 33.7 Å². The van der Waals surface area contributed by atoms with Crippen molar-refractivity contribution in [2.75, 3.05) is 26.3 Å². The average Bonchev–Trinajstić information content (AvgIpc) is 3.19. The van der Waals surface area contributed by atoms with Crippen molar-refractivity contribution < 1.29 is 9.15 Å². The monoisotopic (exact) mass is 371 g/mol. The summed E-state index contributed by atoms with van der Waals surface area (Å²) in [6, 6.07) is 18.6. The number of hydrogen-bond donors (Lipinski definition) is 0. The highest BCUT2D eigenvalue weighted by Gasteiger charge is 2.15. The Hall–Kier alpha value is -3.02. The molecule has 1 saturated heterocycles. The van der Waals surface area contributed by atoms with Gasteiger partial charge in [-0.1, -0.05) is 30.3 Å². The van der Waals surface area contributed by atoms with Crippen LogP contribution in [-0.2, 0) is 11.3 Å². The lowest BCUT2D eigenvalue weighted by molar-refractivity contribution is 0.0342. The first-order valence-electron chi connectivity index (χ1n) is 9.56. The molecule has 0 unspecified atom stereocenters. The number of rotatable bonds is 4. The molecular formula is C23H21N3O2. The van der Waals surface area contributed by atoms with Crippen LogP contribution in [0.4, 0.5) is 0 Å². The number of nitrogens with zero attached hydrogens (tertiary/aromatic N) is 3. The third-order valence-electron chi connectivity index (χ3n) is 5.12.